The van der Waals surface area contributed by atoms with Crippen LogP contribution in [0.15, 0.2) is 60.7 Å². The molecule has 4 atom stereocenters. The van der Waals surface area contributed by atoms with Gasteiger partial charge in [0.1, 0.15) is 17.9 Å². The number of nitrogens with one attached hydrogen (secondary N) is 1. The van der Waals surface area contributed by atoms with Crippen molar-refractivity contribution in [1.29, 1.82) is 0 Å². The number of primary amides is 2. The van der Waals surface area contributed by atoms with Crippen molar-refractivity contribution in [2.45, 2.75) is 24.4 Å². The van der Waals surface area contributed by atoms with Gasteiger partial charge in [-0.2, -0.15) is 0 Å². The molecule has 2 fully saturated rings. The first-order chi connectivity index (χ1) is 18.4. The molecule has 38 heavy (non-hydrogen) atoms. The van der Waals surface area contributed by atoms with E-state index in [1.54, 1.807) is 42.5 Å². The van der Waals surface area contributed by atoms with Crippen molar-refractivity contribution in [2.24, 2.45) is 11.5 Å². The number of pyridine rings is 1. The Kier molecular flexibility index (Phi) is 5.93. The smallest absolute Gasteiger partial charge is 0.404 e. The van der Waals surface area contributed by atoms with Crippen molar-refractivity contribution < 1.29 is 32.9 Å². The molecular weight excluding hydrogens is 495 g/mol. The number of carbonyl (C=O) groups excluding carboxylic acids is 2. The molecule has 4 heterocycles. The summed E-state index contributed by atoms with van der Waals surface area (Å²) < 4.78 is 37.5. The summed E-state index contributed by atoms with van der Waals surface area (Å²) in [5.74, 6) is -0.589. The second kappa shape index (κ2) is 9.43. The zero-order valence-electron chi connectivity index (χ0n) is 19.9. The average Bonchev–Trinajstić information content (AvgIpc) is 3.60. The molecule has 2 saturated heterocycles. The highest BCUT2D eigenvalue weighted by Gasteiger charge is 2.50. The fourth-order valence-electron chi connectivity index (χ4n) is 4.86. The maximum atomic E-state index is 15.0. The first kappa shape index (κ1) is 23.9. The van der Waals surface area contributed by atoms with Gasteiger partial charge in [0.05, 0.1) is 24.2 Å². The Hall–Kier alpha value is -4.48. The fraction of sp³-hybridized carbons (Fsp3) is 0.222. The summed E-state index contributed by atoms with van der Waals surface area (Å²) in [6, 6.07) is 17.3. The number of fused-ring (bicyclic) bond motifs is 2. The largest absolute Gasteiger partial charge is 0.470 e. The molecule has 2 amide bonds. The molecule has 4 aromatic rings. The predicted octanol–water partition coefficient (Wildman–Crippen LogP) is 3.14. The zero-order valence-corrected chi connectivity index (χ0v) is 19.9. The number of amides is 2. The van der Waals surface area contributed by atoms with Crippen LogP contribution < -0.4 is 16.2 Å². The van der Waals surface area contributed by atoms with E-state index >= 15 is 4.39 Å². The van der Waals surface area contributed by atoms with Crippen molar-refractivity contribution >= 4 is 23.0 Å². The number of hydrogen-bond donors (Lipinski definition) is 3. The van der Waals surface area contributed by atoms with Gasteiger partial charge in [-0.15, -0.1) is 0 Å². The zero-order chi connectivity index (χ0) is 26.4. The highest BCUT2D eigenvalue weighted by molar-refractivity contribution is 5.93. The summed E-state index contributed by atoms with van der Waals surface area (Å²) in [4.78, 5) is 29.9. The normalized spacial score (nSPS) is 22.3. The monoisotopic (exact) mass is 518 g/mol. The number of benzene rings is 2. The average molecular weight is 519 g/mol. The third kappa shape index (κ3) is 4.42. The molecule has 0 aliphatic carbocycles. The van der Waals surface area contributed by atoms with Crippen molar-refractivity contribution in [3.05, 3.63) is 72.0 Å². The van der Waals surface area contributed by atoms with E-state index in [0.717, 1.165) is 11.1 Å². The van der Waals surface area contributed by atoms with Gasteiger partial charge in [-0.25, -0.2) is 14.2 Å². The SMILES string of the molecule is NC(=O)O[C@@H]1CO[C@H]2[C@@H]1OC[C@H]2Oc1cc2nc(-c3ccc(-c4ccc(C(N)=O)cc4)cc3)c(F)cc2[nH]1. The lowest BCUT2D eigenvalue weighted by Crippen LogP contribution is -2.37. The number of carbonyl (C=O) groups is 2. The quantitative estimate of drug-likeness (QED) is 0.355. The molecule has 2 aliphatic rings. The number of halogens is 1. The molecule has 2 aromatic heterocycles. The highest BCUT2D eigenvalue weighted by atomic mass is 19.1. The maximum Gasteiger partial charge on any atom is 0.404 e. The molecule has 0 radical (unpaired) electrons. The van der Waals surface area contributed by atoms with E-state index in [1.165, 1.54) is 6.07 Å². The topological polar surface area (TPSA) is 152 Å². The van der Waals surface area contributed by atoms with Gasteiger partial charge >= 0.3 is 6.09 Å². The second-order valence-electron chi connectivity index (χ2n) is 9.13. The first-order valence-corrected chi connectivity index (χ1v) is 11.9. The summed E-state index contributed by atoms with van der Waals surface area (Å²) in [6.45, 7) is 0.395. The minimum atomic E-state index is -0.889. The van der Waals surface area contributed by atoms with E-state index < -0.39 is 42.2 Å². The number of rotatable bonds is 6. The van der Waals surface area contributed by atoms with Gasteiger partial charge in [0.2, 0.25) is 5.91 Å². The lowest BCUT2D eigenvalue weighted by Gasteiger charge is -2.16. The summed E-state index contributed by atoms with van der Waals surface area (Å²) in [6.07, 6.45) is -2.84. The molecular formula is C27H23FN4O6. The molecule has 0 saturated carbocycles. The Morgan fingerprint density at radius 2 is 1.50 bits per heavy atom. The van der Waals surface area contributed by atoms with Crippen molar-refractivity contribution in [3.8, 4) is 28.3 Å². The van der Waals surface area contributed by atoms with E-state index in [4.69, 9.17) is 30.4 Å². The number of H-pyrrole nitrogens is 1. The van der Waals surface area contributed by atoms with Crippen molar-refractivity contribution in [3.63, 3.8) is 0 Å². The number of hydrogen-bond acceptors (Lipinski definition) is 7. The van der Waals surface area contributed by atoms with Crippen LogP contribution in [0.1, 0.15) is 10.4 Å². The van der Waals surface area contributed by atoms with E-state index in [2.05, 4.69) is 9.97 Å². The molecule has 194 valence electrons. The van der Waals surface area contributed by atoms with E-state index in [-0.39, 0.29) is 18.9 Å². The number of ether oxygens (including phenoxy) is 4. The Bertz CT molecular complexity index is 1520. The van der Waals surface area contributed by atoms with Gasteiger partial charge in [0.25, 0.3) is 0 Å². The molecule has 0 bridgehead atoms. The summed E-state index contributed by atoms with van der Waals surface area (Å²) in [5, 5.41) is 0. The summed E-state index contributed by atoms with van der Waals surface area (Å²) in [7, 11) is 0. The first-order valence-electron chi connectivity index (χ1n) is 11.9. The molecule has 0 unspecified atom stereocenters. The fourth-order valence-corrected chi connectivity index (χ4v) is 4.86. The molecule has 0 spiro atoms. The summed E-state index contributed by atoms with van der Waals surface area (Å²) in [5.41, 5.74) is 14.5. The Balaban J connectivity index is 1.19. The third-order valence-electron chi connectivity index (χ3n) is 6.70. The molecule has 10 nitrogen and oxygen atoms in total. The van der Waals surface area contributed by atoms with Crippen LogP contribution in [0.3, 0.4) is 0 Å². The minimum absolute atomic E-state index is 0.165. The van der Waals surface area contributed by atoms with Gasteiger partial charge < -0.3 is 35.4 Å². The molecule has 11 heteroatoms. The Labute approximate surface area is 215 Å². The van der Waals surface area contributed by atoms with Gasteiger partial charge in [-0.1, -0.05) is 36.4 Å². The Morgan fingerprint density at radius 3 is 2.16 bits per heavy atom. The number of aromatic amines is 1. The molecule has 6 rings (SSSR count). The van der Waals surface area contributed by atoms with Gasteiger partial charge in [0.15, 0.2) is 23.9 Å². The van der Waals surface area contributed by atoms with Crippen LogP contribution in [-0.4, -0.2) is 59.6 Å². The van der Waals surface area contributed by atoms with E-state index in [9.17, 15) is 9.59 Å². The van der Waals surface area contributed by atoms with Crippen LogP contribution in [0.4, 0.5) is 9.18 Å². The number of aromatic nitrogens is 2. The standard InChI is InChI=1S/C27H23FN4O6/c28-17-9-18-19(10-22(31-18)37-20-11-35-25-21(38-27(30)34)12-36-24(20)25)32-23(17)15-5-1-13(2-6-15)14-3-7-16(8-4-14)26(29)33/h1-10,20-21,24-25,31H,11-12H2,(H2,29,33)(H2,30,34)/t20-,21-,24-,25-/m1/s1. The van der Waals surface area contributed by atoms with Gasteiger partial charge in [-0.05, 0) is 23.3 Å². The van der Waals surface area contributed by atoms with Crippen LogP contribution in [0.2, 0.25) is 0 Å². The van der Waals surface area contributed by atoms with Crippen LogP contribution in [-0.2, 0) is 14.2 Å². The van der Waals surface area contributed by atoms with Crippen molar-refractivity contribution in [1.82, 2.24) is 9.97 Å². The van der Waals surface area contributed by atoms with Crippen LogP contribution >= 0.6 is 0 Å². The Morgan fingerprint density at radius 1 is 0.895 bits per heavy atom. The molecule has 2 aromatic carbocycles. The number of nitrogens with zero attached hydrogens (tertiary/aromatic N) is 1. The predicted molar refractivity (Wildman–Crippen MR) is 134 cm³/mol. The molecule has 2 aliphatic heterocycles. The van der Waals surface area contributed by atoms with E-state index in [1.807, 2.05) is 12.1 Å². The maximum absolute atomic E-state index is 15.0. The molecule has 5 N–H and O–H groups in total. The second-order valence-corrected chi connectivity index (χ2v) is 9.13. The lowest BCUT2D eigenvalue weighted by atomic mass is 10.0. The highest BCUT2D eigenvalue weighted by Crippen LogP contribution is 2.33. The van der Waals surface area contributed by atoms with Gasteiger partial charge in [-0.3, -0.25) is 4.79 Å². The van der Waals surface area contributed by atoms with Crippen LogP contribution in [0.25, 0.3) is 33.4 Å². The number of nitrogens with two attached hydrogens (primary N) is 2. The van der Waals surface area contributed by atoms with Crippen LogP contribution in [0, 0.1) is 5.82 Å². The van der Waals surface area contributed by atoms with E-state index in [0.29, 0.717) is 28.0 Å². The minimum Gasteiger partial charge on any atom is -0.470 e. The third-order valence-corrected chi connectivity index (χ3v) is 6.70. The summed E-state index contributed by atoms with van der Waals surface area (Å²) >= 11 is 0. The van der Waals surface area contributed by atoms with Crippen molar-refractivity contribution in [2.75, 3.05) is 13.2 Å². The van der Waals surface area contributed by atoms with Crippen LogP contribution in [0.5, 0.6) is 5.88 Å². The lowest BCUT2D eigenvalue weighted by molar-refractivity contribution is -0.000267. The van der Waals surface area contributed by atoms with Gasteiger partial charge in [0, 0.05) is 23.3 Å².